The minimum Gasteiger partial charge on any atom is -0.325 e. The molecule has 3 rings (SSSR count). The molecule has 0 spiro atoms. The van der Waals surface area contributed by atoms with E-state index in [9.17, 15) is 14.4 Å². The van der Waals surface area contributed by atoms with Gasteiger partial charge in [0.2, 0.25) is 17.7 Å². The molecule has 0 saturated carbocycles. The van der Waals surface area contributed by atoms with Gasteiger partial charge in [-0.3, -0.25) is 24.6 Å². The Balaban J connectivity index is 1.53. The van der Waals surface area contributed by atoms with E-state index in [0.717, 1.165) is 37.4 Å². The molecule has 3 amide bonds. The van der Waals surface area contributed by atoms with Gasteiger partial charge in [0.05, 0.1) is 12.5 Å². The van der Waals surface area contributed by atoms with E-state index >= 15 is 0 Å². The number of carbonyl (C=O) groups is 3. The number of hydrogen-bond donors (Lipinski definition) is 2. The first-order chi connectivity index (χ1) is 12.0. The topological polar surface area (TPSA) is 81.8 Å². The minimum atomic E-state index is -0.298. The van der Waals surface area contributed by atoms with Gasteiger partial charge in [0.15, 0.2) is 0 Å². The molecule has 0 aromatic heterocycles. The zero-order chi connectivity index (χ0) is 17.8. The molecule has 2 N–H and O–H groups in total. The van der Waals surface area contributed by atoms with Crippen LogP contribution in [0.2, 0.25) is 0 Å². The van der Waals surface area contributed by atoms with E-state index in [-0.39, 0.29) is 23.6 Å². The summed E-state index contributed by atoms with van der Waals surface area (Å²) in [7, 11) is 2.08. The van der Waals surface area contributed by atoms with Crippen molar-refractivity contribution in [3.8, 4) is 0 Å². The van der Waals surface area contributed by atoms with Gasteiger partial charge >= 0.3 is 0 Å². The van der Waals surface area contributed by atoms with E-state index < -0.39 is 0 Å². The maximum atomic E-state index is 12.2. The zero-order valence-electron chi connectivity index (χ0n) is 14.5. The maximum Gasteiger partial charge on any atom is 0.238 e. The Morgan fingerprint density at radius 1 is 1.16 bits per heavy atom. The van der Waals surface area contributed by atoms with Crippen LogP contribution in [-0.2, 0) is 14.4 Å². The van der Waals surface area contributed by atoms with Crippen molar-refractivity contribution in [2.75, 3.05) is 45.1 Å². The number of anilines is 1. The standard InChI is InChI=1S/C18H24N4O3/c1-21-8-10-22(11-9-21)12-17(24)19-14-4-2-13(3-5-14)15-6-7-16(23)20-18(15)25/h2-5,15H,6-12H2,1H3,(H,19,24)(H,20,23,25). The Hall–Kier alpha value is -2.25. The first-order valence-corrected chi connectivity index (χ1v) is 8.65. The Morgan fingerprint density at radius 2 is 1.84 bits per heavy atom. The third-order valence-corrected chi connectivity index (χ3v) is 4.80. The molecule has 7 heteroatoms. The highest BCUT2D eigenvalue weighted by Gasteiger charge is 2.27. The first-order valence-electron chi connectivity index (χ1n) is 8.65. The zero-order valence-corrected chi connectivity index (χ0v) is 14.5. The highest BCUT2D eigenvalue weighted by atomic mass is 16.2. The molecular weight excluding hydrogens is 320 g/mol. The number of hydrogen-bond acceptors (Lipinski definition) is 5. The maximum absolute atomic E-state index is 12.2. The average Bonchev–Trinajstić information content (AvgIpc) is 2.58. The summed E-state index contributed by atoms with van der Waals surface area (Å²) in [5.74, 6) is -0.789. The monoisotopic (exact) mass is 344 g/mol. The fourth-order valence-corrected chi connectivity index (χ4v) is 3.22. The van der Waals surface area contributed by atoms with Crippen molar-refractivity contribution >= 4 is 23.4 Å². The fourth-order valence-electron chi connectivity index (χ4n) is 3.22. The van der Waals surface area contributed by atoms with Gasteiger partial charge < -0.3 is 10.2 Å². The second kappa shape index (κ2) is 7.76. The van der Waals surface area contributed by atoms with Gasteiger partial charge in [0.1, 0.15) is 0 Å². The lowest BCUT2D eigenvalue weighted by atomic mass is 9.90. The second-order valence-corrected chi connectivity index (χ2v) is 6.75. The lowest BCUT2D eigenvalue weighted by Gasteiger charge is -2.31. The molecule has 2 fully saturated rings. The molecule has 2 saturated heterocycles. The lowest BCUT2D eigenvalue weighted by molar-refractivity contribution is -0.134. The van der Waals surface area contributed by atoms with Gasteiger partial charge in [-0.1, -0.05) is 12.1 Å². The van der Waals surface area contributed by atoms with Crippen LogP contribution < -0.4 is 10.6 Å². The van der Waals surface area contributed by atoms with E-state index in [1.165, 1.54) is 0 Å². The van der Waals surface area contributed by atoms with Crippen LogP contribution in [-0.4, -0.2) is 67.3 Å². The SMILES string of the molecule is CN1CCN(CC(=O)Nc2ccc(C3CCC(=O)NC3=O)cc2)CC1. The fraction of sp³-hybridized carbons (Fsp3) is 0.500. The summed E-state index contributed by atoms with van der Waals surface area (Å²) >= 11 is 0. The summed E-state index contributed by atoms with van der Waals surface area (Å²) in [6.45, 7) is 4.15. The molecule has 2 aliphatic heterocycles. The number of benzene rings is 1. The van der Waals surface area contributed by atoms with Gasteiger partial charge in [-0.25, -0.2) is 0 Å². The van der Waals surface area contributed by atoms with Crippen LogP contribution in [0.15, 0.2) is 24.3 Å². The van der Waals surface area contributed by atoms with E-state index in [4.69, 9.17) is 0 Å². The van der Waals surface area contributed by atoms with Crippen LogP contribution in [0.4, 0.5) is 5.69 Å². The molecular formula is C18H24N4O3. The normalized spacial score (nSPS) is 22.5. The van der Waals surface area contributed by atoms with Crippen molar-refractivity contribution in [3.63, 3.8) is 0 Å². The summed E-state index contributed by atoms with van der Waals surface area (Å²) in [6.07, 6.45) is 0.889. The largest absolute Gasteiger partial charge is 0.325 e. The third kappa shape index (κ3) is 4.64. The van der Waals surface area contributed by atoms with E-state index in [0.29, 0.717) is 19.4 Å². The molecule has 25 heavy (non-hydrogen) atoms. The van der Waals surface area contributed by atoms with Gasteiger partial charge in [-0.15, -0.1) is 0 Å². The van der Waals surface area contributed by atoms with Gasteiger partial charge in [0.25, 0.3) is 0 Å². The number of likely N-dealkylation sites (N-methyl/N-ethyl adjacent to an activating group) is 1. The summed E-state index contributed by atoms with van der Waals surface area (Å²) in [4.78, 5) is 39.7. The Bertz CT molecular complexity index is 651. The molecule has 2 aliphatic rings. The van der Waals surface area contributed by atoms with Crippen molar-refractivity contribution < 1.29 is 14.4 Å². The molecule has 0 aliphatic carbocycles. The molecule has 0 radical (unpaired) electrons. The van der Waals surface area contributed by atoms with Crippen molar-refractivity contribution in [2.45, 2.75) is 18.8 Å². The quantitative estimate of drug-likeness (QED) is 0.773. The first kappa shape index (κ1) is 17.6. The molecule has 1 unspecified atom stereocenters. The van der Waals surface area contributed by atoms with E-state index in [1.807, 2.05) is 12.1 Å². The number of rotatable bonds is 4. The predicted molar refractivity (Wildman–Crippen MR) is 94.1 cm³/mol. The van der Waals surface area contributed by atoms with Crippen LogP contribution in [0.5, 0.6) is 0 Å². The van der Waals surface area contributed by atoms with Crippen LogP contribution in [0, 0.1) is 0 Å². The van der Waals surface area contributed by atoms with Crippen LogP contribution in [0.3, 0.4) is 0 Å². The number of imide groups is 1. The number of piperidine rings is 1. The molecule has 7 nitrogen and oxygen atoms in total. The van der Waals surface area contributed by atoms with E-state index in [2.05, 4.69) is 27.5 Å². The van der Waals surface area contributed by atoms with Crippen LogP contribution in [0.1, 0.15) is 24.3 Å². The van der Waals surface area contributed by atoms with Crippen LogP contribution >= 0.6 is 0 Å². The highest BCUT2D eigenvalue weighted by molar-refractivity contribution is 6.01. The van der Waals surface area contributed by atoms with Gasteiger partial charge in [0, 0.05) is 38.3 Å². The molecule has 0 bridgehead atoms. The van der Waals surface area contributed by atoms with Crippen molar-refractivity contribution in [3.05, 3.63) is 29.8 Å². The number of nitrogens with zero attached hydrogens (tertiary/aromatic N) is 2. The van der Waals surface area contributed by atoms with Crippen molar-refractivity contribution in [1.29, 1.82) is 0 Å². The predicted octanol–water partition coefficient (Wildman–Crippen LogP) is 0.393. The average molecular weight is 344 g/mol. The lowest BCUT2D eigenvalue weighted by Crippen LogP contribution is -2.47. The highest BCUT2D eigenvalue weighted by Crippen LogP contribution is 2.25. The van der Waals surface area contributed by atoms with Crippen LogP contribution in [0.25, 0.3) is 0 Å². The summed E-state index contributed by atoms with van der Waals surface area (Å²) in [5.41, 5.74) is 1.58. The summed E-state index contributed by atoms with van der Waals surface area (Å²) in [5, 5.41) is 5.27. The smallest absolute Gasteiger partial charge is 0.238 e. The molecule has 1 atom stereocenters. The van der Waals surface area contributed by atoms with Crippen molar-refractivity contribution in [1.82, 2.24) is 15.1 Å². The molecule has 134 valence electrons. The minimum absolute atomic E-state index is 0.0293. The molecule has 1 aromatic carbocycles. The third-order valence-electron chi connectivity index (χ3n) is 4.80. The summed E-state index contributed by atoms with van der Waals surface area (Å²) in [6, 6.07) is 7.29. The Kier molecular flexibility index (Phi) is 5.45. The number of carbonyl (C=O) groups excluding carboxylic acids is 3. The molecule has 1 aromatic rings. The molecule has 2 heterocycles. The van der Waals surface area contributed by atoms with Gasteiger partial charge in [-0.05, 0) is 31.2 Å². The van der Waals surface area contributed by atoms with Gasteiger partial charge in [-0.2, -0.15) is 0 Å². The number of amides is 3. The number of nitrogens with one attached hydrogen (secondary N) is 2. The second-order valence-electron chi connectivity index (χ2n) is 6.75. The van der Waals surface area contributed by atoms with Crippen molar-refractivity contribution in [2.24, 2.45) is 0 Å². The Labute approximate surface area is 147 Å². The Morgan fingerprint density at radius 3 is 2.48 bits per heavy atom. The number of piperazine rings is 1. The van der Waals surface area contributed by atoms with E-state index in [1.54, 1.807) is 12.1 Å². The summed E-state index contributed by atoms with van der Waals surface area (Å²) < 4.78 is 0.